The van der Waals surface area contributed by atoms with Crippen molar-refractivity contribution in [2.75, 3.05) is 6.61 Å². The molecule has 5 aromatic rings. The van der Waals surface area contributed by atoms with Gasteiger partial charge in [0.2, 0.25) is 5.82 Å². The monoisotopic (exact) mass is 427 g/mol. The molecule has 0 amide bonds. The van der Waals surface area contributed by atoms with E-state index in [0.29, 0.717) is 45.8 Å². The van der Waals surface area contributed by atoms with Crippen LogP contribution in [0.4, 0.5) is 4.39 Å². The van der Waals surface area contributed by atoms with Crippen LogP contribution in [0.1, 0.15) is 6.92 Å². The molecule has 0 aliphatic rings. The first-order chi connectivity index (χ1) is 15.7. The van der Waals surface area contributed by atoms with E-state index in [9.17, 15) is 9.18 Å². The average molecular weight is 427 g/mol. The van der Waals surface area contributed by atoms with Crippen molar-refractivity contribution in [3.8, 4) is 34.3 Å². The summed E-state index contributed by atoms with van der Waals surface area (Å²) in [5, 5.41) is 5.32. The lowest BCUT2D eigenvalue weighted by Crippen LogP contribution is -2.18. The van der Waals surface area contributed by atoms with Gasteiger partial charge in [0.1, 0.15) is 11.6 Å². The van der Waals surface area contributed by atoms with Gasteiger partial charge in [-0.2, -0.15) is 4.98 Å². The predicted octanol–water partition coefficient (Wildman–Crippen LogP) is 5.25. The van der Waals surface area contributed by atoms with Crippen LogP contribution < -0.4 is 10.3 Å². The zero-order valence-electron chi connectivity index (χ0n) is 17.2. The molecule has 0 fully saturated rings. The van der Waals surface area contributed by atoms with E-state index in [-0.39, 0.29) is 17.3 Å². The van der Waals surface area contributed by atoms with E-state index in [1.807, 2.05) is 43.3 Å². The van der Waals surface area contributed by atoms with Gasteiger partial charge in [-0.05, 0) is 49.4 Å². The maximum absolute atomic E-state index is 13.4. The Kier molecular flexibility index (Phi) is 4.99. The lowest BCUT2D eigenvalue weighted by Gasteiger charge is -2.10. The van der Waals surface area contributed by atoms with Crippen LogP contribution in [0.2, 0.25) is 0 Å². The molecule has 7 heteroatoms. The molecule has 0 bridgehead atoms. The molecule has 0 aliphatic heterocycles. The molecular formula is C25H18FN3O3. The van der Waals surface area contributed by atoms with E-state index in [4.69, 9.17) is 9.26 Å². The molecule has 3 aromatic carbocycles. The number of hydrogen-bond donors (Lipinski definition) is 0. The summed E-state index contributed by atoms with van der Waals surface area (Å²) in [7, 11) is 0. The molecule has 158 valence electrons. The lowest BCUT2D eigenvalue weighted by atomic mass is 10.1. The van der Waals surface area contributed by atoms with Crippen molar-refractivity contribution in [3.05, 3.63) is 95.2 Å². The molecule has 0 saturated heterocycles. The van der Waals surface area contributed by atoms with E-state index in [2.05, 4.69) is 10.1 Å². The number of halogens is 1. The van der Waals surface area contributed by atoms with Crippen LogP contribution in [-0.2, 0) is 0 Å². The van der Waals surface area contributed by atoms with E-state index in [1.54, 1.807) is 30.5 Å². The zero-order valence-corrected chi connectivity index (χ0v) is 17.2. The van der Waals surface area contributed by atoms with Gasteiger partial charge in [0.05, 0.1) is 17.7 Å². The van der Waals surface area contributed by atoms with Crippen LogP contribution in [-0.4, -0.2) is 21.3 Å². The van der Waals surface area contributed by atoms with Crippen LogP contribution >= 0.6 is 0 Å². The molecule has 5 rings (SSSR count). The summed E-state index contributed by atoms with van der Waals surface area (Å²) in [6.45, 7) is 2.41. The number of para-hydroxylation sites is 1. The minimum atomic E-state index is -0.377. The van der Waals surface area contributed by atoms with E-state index < -0.39 is 0 Å². The maximum atomic E-state index is 13.4. The third kappa shape index (κ3) is 3.43. The van der Waals surface area contributed by atoms with E-state index >= 15 is 0 Å². The van der Waals surface area contributed by atoms with Crippen molar-refractivity contribution in [2.45, 2.75) is 6.92 Å². The fourth-order valence-electron chi connectivity index (χ4n) is 3.63. The first kappa shape index (κ1) is 19.7. The summed E-state index contributed by atoms with van der Waals surface area (Å²) < 4.78 is 26.2. The third-order valence-corrected chi connectivity index (χ3v) is 5.11. The zero-order chi connectivity index (χ0) is 22.1. The van der Waals surface area contributed by atoms with Crippen LogP contribution in [0, 0.1) is 5.82 Å². The largest absolute Gasteiger partial charge is 0.493 e. The maximum Gasteiger partial charge on any atom is 0.262 e. The van der Waals surface area contributed by atoms with Crippen molar-refractivity contribution in [3.63, 3.8) is 0 Å². The van der Waals surface area contributed by atoms with Crippen molar-refractivity contribution in [1.82, 2.24) is 14.7 Å². The normalized spacial score (nSPS) is 11.1. The lowest BCUT2D eigenvalue weighted by molar-refractivity contribution is 0.341. The highest BCUT2D eigenvalue weighted by molar-refractivity contribution is 5.94. The number of rotatable bonds is 5. The number of aromatic nitrogens is 3. The Morgan fingerprint density at radius 1 is 0.938 bits per heavy atom. The van der Waals surface area contributed by atoms with Crippen LogP contribution in [0.15, 0.2) is 88.3 Å². The standard InChI is InChI=1S/C25H18FN3O3/c1-2-31-22-10-6-5-9-20(22)23-27-24(32-28-23)21-15-29(17-13-11-16(26)12-14-17)25(30)19-8-4-3-7-18(19)21/h3-15H,2H2,1H3. The van der Waals surface area contributed by atoms with Crippen LogP contribution in [0.3, 0.4) is 0 Å². The second-order valence-corrected chi connectivity index (χ2v) is 7.09. The molecule has 0 unspecified atom stereocenters. The van der Waals surface area contributed by atoms with Gasteiger partial charge in [-0.3, -0.25) is 9.36 Å². The molecule has 0 spiro atoms. The van der Waals surface area contributed by atoms with Crippen molar-refractivity contribution >= 4 is 10.8 Å². The Hall–Kier alpha value is -4.26. The highest BCUT2D eigenvalue weighted by Crippen LogP contribution is 2.32. The first-order valence-corrected chi connectivity index (χ1v) is 10.1. The number of hydrogen-bond acceptors (Lipinski definition) is 5. The summed E-state index contributed by atoms with van der Waals surface area (Å²) in [5.74, 6) is 0.923. The number of benzene rings is 3. The fourth-order valence-corrected chi connectivity index (χ4v) is 3.63. The van der Waals surface area contributed by atoms with Gasteiger partial charge in [-0.15, -0.1) is 0 Å². The van der Waals surface area contributed by atoms with Crippen LogP contribution in [0.5, 0.6) is 5.75 Å². The summed E-state index contributed by atoms with van der Waals surface area (Å²) in [5.41, 5.74) is 1.61. The highest BCUT2D eigenvalue weighted by atomic mass is 19.1. The predicted molar refractivity (Wildman–Crippen MR) is 119 cm³/mol. The van der Waals surface area contributed by atoms with E-state index in [0.717, 1.165) is 0 Å². The summed E-state index contributed by atoms with van der Waals surface area (Å²) in [4.78, 5) is 17.7. The number of fused-ring (bicyclic) bond motifs is 1. The number of pyridine rings is 1. The van der Waals surface area contributed by atoms with Crippen molar-refractivity contribution < 1.29 is 13.7 Å². The molecule has 0 saturated carbocycles. The van der Waals surface area contributed by atoms with Gasteiger partial charge < -0.3 is 9.26 Å². The van der Waals surface area contributed by atoms with Crippen molar-refractivity contribution in [1.29, 1.82) is 0 Å². The topological polar surface area (TPSA) is 70.2 Å². The molecule has 32 heavy (non-hydrogen) atoms. The molecule has 6 nitrogen and oxygen atoms in total. The second-order valence-electron chi connectivity index (χ2n) is 7.09. The fraction of sp³-hybridized carbons (Fsp3) is 0.0800. The van der Waals surface area contributed by atoms with E-state index in [1.165, 1.54) is 16.7 Å². The third-order valence-electron chi connectivity index (χ3n) is 5.11. The second kappa shape index (κ2) is 8.11. The summed E-state index contributed by atoms with van der Waals surface area (Å²) in [6.07, 6.45) is 1.64. The smallest absolute Gasteiger partial charge is 0.262 e. The SMILES string of the molecule is CCOc1ccccc1-c1noc(-c2cn(-c3ccc(F)cc3)c(=O)c3ccccc23)n1. The quantitative estimate of drug-likeness (QED) is 0.383. The Morgan fingerprint density at radius 3 is 2.44 bits per heavy atom. The minimum absolute atomic E-state index is 0.225. The molecule has 0 aliphatic carbocycles. The van der Waals surface area contributed by atoms with Gasteiger partial charge >= 0.3 is 0 Å². The van der Waals surface area contributed by atoms with Gasteiger partial charge in [0.25, 0.3) is 11.4 Å². The molecule has 2 heterocycles. The van der Waals surface area contributed by atoms with Gasteiger partial charge in [0, 0.05) is 22.7 Å². The molecular weight excluding hydrogens is 409 g/mol. The van der Waals surface area contributed by atoms with Gasteiger partial charge in [0.15, 0.2) is 0 Å². The van der Waals surface area contributed by atoms with Crippen molar-refractivity contribution in [2.24, 2.45) is 0 Å². The molecule has 0 atom stereocenters. The van der Waals surface area contributed by atoms with Gasteiger partial charge in [-0.1, -0.05) is 35.5 Å². The highest BCUT2D eigenvalue weighted by Gasteiger charge is 2.19. The summed E-state index contributed by atoms with van der Waals surface area (Å²) in [6, 6.07) is 20.4. The first-order valence-electron chi connectivity index (χ1n) is 10.1. The average Bonchev–Trinajstić information content (AvgIpc) is 3.31. The summed E-state index contributed by atoms with van der Waals surface area (Å²) >= 11 is 0. The number of ether oxygens (including phenoxy) is 1. The van der Waals surface area contributed by atoms with Crippen LogP contribution in [0.25, 0.3) is 39.3 Å². The number of nitrogens with zero attached hydrogens (tertiary/aromatic N) is 3. The molecule has 0 N–H and O–H groups in total. The molecule has 0 radical (unpaired) electrons. The Labute approximate surface area is 182 Å². The molecule has 2 aromatic heterocycles. The Morgan fingerprint density at radius 2 is 1.66 bits per heavy atom. The Bertz CT molecular complexity index is 1470. The Balaban J connectivity index is 1.70. The minimum Gasteiger partial charge on any atom is -0.493 e. The van der Waals surface area contributed by atoms with Gasteiger partial charge in [-0.25, -0.2) is 4.39 Å².